The van der Waals surface area contributed by atoms with Crippen LogP contribution in [0.1, 0.15) is 18.1 Å². The molecule has 0 radical (unpaired) electrons. The largest absolute Gasteiger partial charge is 0.372 e. The molecule has 0 amide bonds. The van der Waals surface area contributed by atoms with E-state index < -0.39 is 33.0 Å². The maximum Gasteiger partial charge on any atom is 0.215 e. The molecule has 0 spiro atoms. The summed E-state index contributed by atoms with van der Waals surface area (Å²) in [5.74, 6) is -2.16. The lowest BCUT2D eigenvalue weighted by Gasteiger charge is -2.29. The molecule has 1 atom stereocenters. The fraction of sp³-hybridized carbons (Fsp3) is 0.294. The van der Waals surface area contributed by atoms with Gasteiger partial charge in [-0.15, -0.1) is 0 Å². The summed E-state index contributed by atoms with van der Waals surface area (Å²) in [6, 6.07) is 9.54. The highest BCUT2D eigenvalue weighted by molar-refractivity contribution is 7.88. The smallest absolute Gasteiger partial charge is 0.215 e. The van der Waals surface area contributed by atoms with Crippen molar-refractivity contribution < 1.29 is 21.9 Å². The summed E-state index contributed by atoms with van der Waals surface area (Å²) in [4.78, 5) is 0. The summed E-state index contributed by atoms with van der Waals surface area (Å²) in [6.07, 6.45) is 0. The molecule has 1 N–H and O–H groups in total. The van der Waals surface area contributed by atoms with Crippen molar-refractivity contribution in [3.8, 4) is 0 Å². The van der Waals surface area contributed by atoms with E-state index in [2.05, 4.69) is 4.72 Å². The molecule has 0 aliphatic heterocycles. The molecule has 0 aliphatic rings. The van der Waals surface area contributed by atoms with Crippen molar-refractivity contribution in [1.29, 1.82) is 0 Å². The number of sulfonamides is 1. The average Bonchev–Trinajstić information content (AvgIpc) is 2.56. The van der Waals surface area contributed by atoms with Gasteiger partial charge in [-0.3, -0.25) is 0 Å². The summed E-state index contributed by atoms with van der Waals surface area (Å²) in [7, 11) is -2.46. The fourth-order valence-corrected chi connectivity index (χ4v) is 3.69. The van der Waals surface area contributed by atoms with E-state index in [4.69, 9.17) is 16.3 Å². The average molecular weight is 390 g/mol. The Balaban J connectivity index is 2.15. The Bertz CT molecular complexity index is 861. The summed E-state index contributed by atoms with van der Waals surface area (Å²) in [5.41, 5.74) is -0.533. The minimum absolute atomic E-state index is 0.0941. The van der Waals surface area contributed by atoms with Crippen LogP contribution in [0, 0.1) is 11.6 Å². The number of hydrogen-bond acceptors (Lipinski definition) is 3. The molecule has 0 bridgehead atoms. The third-order valence-electron chi connectivity index (χ3n) is 3.87. The van der Waals surface area contributed by atoms with Crippen molar-refractivity contribution in [1.82, 2.24) is 4.72 Å². The molecule has 0 unspecified atom stereocenters. The van der Waals surface area contributed by atoms with E-state index in [-0.39, 0.29) is 12.1 Å². The van der Waals surface area contributed by atoms with Gasteiger partial charge in [0.2, 0.25) is 10.0 Å². The molecule has 0 fully saturated rings. The van der Waals surface area contributed by atoms with Crippen LogP contribution in [0.5, 0.6) is 0 Å². The van der Waals surface area contributed by atoms with E-state index in [1.54, 1.807) is 31.2 Å². The van der Waals surface area contributed by atoms with E-state index in [1.165, 1.54) is 7.11 Å². The Morgan fingerprint density at radius 3 is 2.56 bits per heavy atom. The van der Waals surface area contributed by atoms with Gasteiger partial charge >= 0.3 is 0 Å². The van der Waals surface area contributed by atoms with Gasteiger partial charge in [-0.1, -0.05) is 23.7 Å². The van der Waals surface area contributed by atoms with Crippen molar-refractivity contribution in [2.45, 2.75) is 18.3 Å². The molecule has 25 heavy (non-hydrogen) atoms. The van der Waals surface area contributed by atoms with Crippen LogP contribution in [0.3, 0.4) is 0 Å². The third-order valence-corrected chi connectivity index (χ3v) is 5.38. The molecule has 2 aromatic rings. The molecule has 0 saturated carbocycles. The number of rotatable bonds is 7. The minimum Gasteiger partial charge on any atom is -0.372 e. The lowest BCUT2D eigenvalue weighted by atomic mass is 9.96. The fourth-order valence-electron chi connectivity index (χ4n) is 2.27. The van der Waals surface area contributed by atoms with Crippen molar-refractivity contribution in [2.24, 2.45) is 0 Å². The topological polar surface area (TPSA) is 55.4 Å². The predicted octanol–water partition coefficient (Wildman–Crippen LogP) is 3.60. The quantitative estimate of drug-likeness (QED) is 0.787. The molecule has 136 valence electrons. The number of hydrogen-bond donors (Lipinski definition) is 1. The highest BCUT2D eigenvalue weighted by Crippen LogP contribution is 2.26. The standard InChI is InChI=1S/C17H18ClF2NO3S/c1-17(24-2,13-4-3-5-14(18)9-13)11-21-25(22,23)10-12-8-15(19)6-7-16(12)20/h3-9,21H,10-11H2,1-2H3/t17-/m1/s1. The van der Waals surface area contributed by atoms with Gasteiger partial charge in [-0.25, -0.2) is 21.9 Å². The van der Waals surface area contributed by atoms with Gasteiger partial charge in [0.25, 0.3) is 0 Å². The number of methoxy groups -OCH3 is 1. The number of nitrogens with one attached hydrogen (secondary N) is 1. The van der Waals surface area contributed by atoms with Gasteiger partial charge in [-0.05, 0) is 42.8 Å². The first kappa shape index (κ1) is 19.8. The molecule has 0 aromatic heterocycles. The van der Waals surface area contributed by atoms with E-state index >= 15 is 0 Å². The molecule has 2 aromatic carbocycles. The van der Waals surface area contributed by atoms with Crippen LogP contribution in [0.4, 0.5) is 8.78 Å². The second-order valence-electron chi connectivity index (χ2n) is 5.76. The summed E-state index contributed by atoms with van der Waals surface area (Å²) < 4.78 is 59.2. The van der Waals surface area contributed by atoms with Crippen LogP contribution in [0.15, 0.2) is 42.5 Å². The van der Waals surface area contributed by atoms with Crippen molar-refractivity contribution in [3.63, 3.8) is 0 Å². The van der Waals surface area contributed by atoms with Gasteiger partial charge in [-0.2, -0.15) is 0 Å². The van der Waals surface area contributed by atoms with Gasteiger partial charge < -0.3 is 4.74 Å². The van der Waals surface area contributed by atoms with E-state index in [0.717, 1.165) is 18.2 Å². The molecule has 0 heterocycles. The van der Waals surface area contributed by atoms with E-state index in [0.29, 0.717) is 10.6 Å². The molecular formula is C17H18ClF2NO3S. The van der Waals surface area contributed by atoms with Crippen LogP contribution in [0.25, 0.3) is 0 Å². The first-order valence-electron chi connectivity index (χ1n) is 7.38. The zero-order valence-electron chi connectivity index (χ0n) is 13.7. The summed E-state index contributed by atoms with van der Waals surface area (Å²) in [6.45, 7) is 1.60. The third kappa shape index (κ3) is 5.22. The monoisotopic (exact) mass is 389 g/mol. The minimum atomic E-state index is -3.90. The Kier molecular flexibility index (Phi) is 6.16. The van der Waals surface area contributed by atoms with Crippen LogP contribution >= 0.6 is 11.6 Å². The molecule has 8 heteroatoms. The van der Waals surface area contributed by atoms with Gasteiger partial charge in [0.05, 0.1) is 5.75 Å². The zero-order valence-corrected chi connectivity index (χ0v) is 15.3. The normalized spacial score (nSPS) is 14.3. The second kappa shape index (κ2) is 7.78. The van der Waals surface area contributed by atoms with Crippen molar-refractivity contribution in [3.05, 3.63) is 70.2 Å². The lowest BCUT2D eigenvalue weighted by Crippen LogP contribution is -2.40. The maximum atomic E-state index is 13.7. The SMILES string of the molecule is CO[C@](C)(CNS(=O)(=O)Cc1cc(F)ccc1F)c1cccc(Cl)c1. The van der Waals surface area contributed by atoms with E-state index in [9.17, 15) is 17.2 Å². The second-order valence-corrected chi connectivity index (χ2v) is 8.00. The Hall–Kier alpha value is -1.54. The van der Waals surface area contributed by atoms with Gasteiger partial charge in [0, 0.05) is 24.2 Å². The van der Waals surface area contributed by atoms with Crippen LogP contribution in [-0.2, 0) is 26.1 Å². The Morgan fingerprint density at radius 1 is 1.20 bits per heavy atom. The predicted molar refractivity (Wildman–Crippen MR) is 92.8 cm³/mol. The molecule has 4 nitrogen and oxygen atoms in total. The lowest BCUT2D eigenvalue weighted by molar-refractivity contribution is 0.00698. The highest BCUT2D eigenvalue weighted by atomic mass is 35.5. The van der Waals surface area contributed by atoms with Crippen LogP contribution in [-0.4, -0.2) is 22.1 Å². The Morgan fingerprint density at radius 2 is 1.92 bits per heavy atom. The molecular weight excluding hydrogens is 372 g/mol. The molecule has 0 saturated heterocycles. The number of halogens is 3. The molecule has 2 rings (SSSR count). The Labute approximate surface area is 150 Å². The number of ether oxygens (including phenoxy) is 1. The van der Waals surface area contributed by atoms with Crippen LogP contribution in [0.2, 0.25) is 5.02 Å². The van der Waals surface area contributed by atoms with Gasteiger partial charge in [0.15, 0.2) is 0 Å². The maximum absolute atomic E-state index is 13.7. The van der Waals surface area contributed by atoms with Crippen LogP contribution < -0.4 is 4.72 Å². The summed E-state index contributed by atoms with van der Waals surface area (Å²) in [5, 5.41) is 0.491. The van der Waals surface area contributed by atoms with Crippen molar-refractivity contribution in [2.75, 3.05) is 13.7 Å². The van der Waals surface area contributed by atoms with Crippen molar-refractivity contribution >= 4 is 21.6 Å². The highest BCUT2D eigenvalue weighted by Gasteiger charge is 2.29. The first-order chi connectivity index (χ1) is 11.6. The number of benzene rings is 2. The first-order valence-corrected chi connectivity index (χ1v) is 9.41. The zero-order chi connectivity index (χ0) is 18.7. The summed E-state index contributed by atoms with van der Waals surface area (Å²) >= 11 is 5.97. The van der Waals surface area contributed by atoms with Gasteiger partial charge in [0.1, 0.15) is 17.2 Å². The van der Waals surface area contributed by atoms with E-state index in [1.807, 2.05) is 0 Å². The molecule has 0 aliphatic carbocycles.